The van der Waals surface area contributed by atoms with Gasteiger partial charge < -0.3 is 24.9 Å². The van der Waals surface area contributed by atoms with E-state index in [1.54, 1.807) is 54.4 Å². The van der Waals surface area contributed by atoms with Crippen LogP contribution in [0, 0.1) is 18.8 Å². The quantitative estimate of drug-likeness (QED) is 0.471. The van der Waals surface area contributed by atoms with E-state index >= 15 is 0 Å². The SMILES string of the molecule is Cc1ccc(NC(=O)c2oc3cccc(C(=O)N4CCCC4)c3c2NC(=O)[C@H]2CC[C@H](C(=O)N(C)C)CC2)nc1. The summed E-state index contributed by atoms with van der Waals surface area (Å²) in [5.74, 6) is -1.10. The molecule has 1 saturated carbocycles. The van der Waals surface area contributed by atoms with Gasteiger partial charge in [0.05, 0.1) is 10.9 Å². The zero-order valence-electron chi connectivity index (χ0n) is 23.2. The first-order valence-electron chi connectivity index (χ1n) is 13.8. The van der Waals surface area contributed by atoms with Gasteiger partial charge in [0, 0.05) is 45.2 Å². The smallest absolute Gasteiger partial charge is 0.294 e. The zero-order valence-corrected chi connectivity index (χ0v) is 23.2. The minimum atomic E-state index is -0.581. The van der Waals surface area contributed by atoms with Crippen molar-refractivity contribution in [2.75, 3.05) is 37.8 Å². The number of nitrogens with one attached hydrogen (secondary N) is 2. The predicted octanol–water partition coefficient (Wildman–Crippen LogP) is 4.46. The van der Waals surface area contributed by atoms with Crippen molar-refractivity contribution in [2.45, 2.75) is 45.4 Å². The van der Waals surface area contributed by atoms with Crippen LogP contribution in [0.4, 0.5) is 11.5 Å². The van der Waals surface area contributed by atoms with Gasteiger partial charge in [-0.25, -0.2) is 4.98 Å². The minimum Gasteiger partial charge on any atom is -0.449 e. The average molecular weight is 546 g/mol. The Morgan fingerprint density at radius 1 is 0.950 bits per heavy atom. The fraction of sp³-hybridized carbons (Fsp3) is 0.433. The van der Waals surface area contributed by atoms with Crippen molar-refractivity contribution in [1.29, 1.82) is 0 Å². The normalized spacial score (nSPS) is 18.9. The molecular formula is C30H35N5O5. The van der Waals surface area contributed by atoms with E-state index in [-0.39, 0.29) is 41.0 Å². The van der Waals surface area contributed by atoms with Crippen LogP contribution in [-0.4, -0.2) is 65.6 Å². The number of fused-ring (bicyclic) bond motifs is 1. The first kappa shape index (κ1) is 27.4. The zero-order chi connectivity index (χ0) is 28.4. The molecule has 2 aromatic heterocycles. The van der Waals surface area contributed by atoms with Crippen LogP contribution in [-0.2, 0) is 9.59 Å². The van der Waals surface area contributed by atoms with E-state index in [0.717, 1.165) is 18.4 Å². The Morgan fingerprint density at radius 3 is 2.30 bits per heavy atom. The van der Waals surface area contributed by atoms with Gasteiger partial charge >= 0.3 is 0 Å². The number of nitrogens with zero attached hydrogens (tertiary/aromatic N) is 3. The summed E-state index contributed by atoms with van der Waals surface area (Å²) in [4.78, 5) is 60.5. The Hall–Kier alpha value is -4.21. The molecule has 0 bridgehead atoms. The van der Waals surface area contributed by atoms with E-state index in [2.05, 4.69) is 15.6 Å². The molecule has 0 unspecified atom stereocenters. The molecule has 210 valence electrons. The van der Waals surface area contributed by atoms with E-state index in [1.807, 2.05) is 13.0 Å². The summed E-state index contributed by atoms with van der Waals surface area (Å²) >= 11 is 0. The van der Waals surface area contributed by atoms with Gasteiger partial charge in [-0.3, -0.25) is 19.2 Å². The summed E-state index contributed by atoms with van der Waals surface area (Å²) in [6, 6.07) is 8.62. The van der Waals surface area contributed by atoms with Crippen LogP contribution >= 0.6 is 0 Å². The third kappa shape index (κ3) is 5.57. The van der Waals surface area contributed by atoms with Gasteiger partial charge in [0.1, 0.15) is 17.1 Å². The van der Waals surface area contributed by atoms with Gasteiger partial charge in [0.2, 0.25) is 17.6 Å². The lowest BCUT2D eigenvalue weighted by Crippen LogP contribution is -2.35. The molecule has 3 heterocycles. The second-order valence-electron chi connectivity index (χ2n) is 10.9. The highest BCUT2D eigenvalue weighted by Crippen LogP contribution is 2.37. The first-order chi connectivity index (χ1) is 19.2. The molecule has 3 aromatic rings. The fourth-order valence-corrected chi connectivity index (χ4v) is 5.60. The standard InChI is InChI=1S/C30H35N5O5/c1-18-9-14-23(31-17-18)32-28(37)26-25(33-27(36)19-10-12-20(13-11-19)29(38)34(2)3)24-21(7-6-8-22(24)40-26)30(39)35-15-4-5-16-35/h6-9,14,17,19-20H,4-5,10-13,15-16H2,1-3H3,(H,33,36)(H,31,32,37)/t19-,20-. The lowest BCUT2D eigenvalue weighted by molar-refractivity contribution is -0.135. The van der Waals surface area contributed by atoms with Crippen LogP contribution in [0.5, 0.6) is 0 Å². The van der Waals surface area contributed by atoms with Gasteiger partial charge in [-0.1, -0.05) is 12.1 Å². The van der Waals surface area contributed by atoms with Gasteiger partial charge in [-0.15, -0.1) is 0 Å². The van der Waals surface area contributed by atoms with E-state index < -0.39 is 5.91 Å². The highest BCUT2D eigenvalue weighted by atomic mass is 16.3. The molecule has 1 aromatic carbocycles. The van der Waals surface area contributed by atoms with E-state index in [0.29, 0.717) is 61.1 Å². The number of rotatable bonds is 6. The number of pyridine rings is 1. The number of aryl methyl sites for hydroxylation is 1. The van der Waals surface area contributed by atoms with Crippen molar-refractivity contribution in [1.82, 2.24) is 14.8 Å². The van der Waals surface area contributed by atoms with Gasteiger partial charge in [0.15, 0.2) is 0 Å². The molecule has 2 N–H and O–H groups in total. The van der Waals surface area contributed by atoms with Crippen molar-refractivity contribution in [3.8, 4) is 0 Å². The molecule has 2 fully saturated rings. The largest absolute Gasteiger partial charge is 0.449 e. The van der Waals surface area contributed by atoms with Crippen LogP contribution in [0.25, 0.3) is 11.0 Å². The molecule has 0 atom stereocenters. The lowest BCUT2D eigenvalue weighted by Gasteiger charge is -2.28. The second-order valence-corrected chi connectivity index (χ2v) is 10.9. The maximum absolute atomic E-state index is 13.5. The molecule has 5 rings (SSSR count). The predicted molar refractivity (Wildman–Crippen MR) is 151 cm³/mol. The highest BCUT2D eigenvalue weighted by Gasteiger charge is 2.33. The van der Waals surface area contributed by atoms with E-state index in [1.165, 1.54) is 0 Å². The van der Waals surface area contributed by atoms with Crippen molar-refractivity contribution < 1.29 is 23.6 Å². The molecule has 1 aliphatic heterocycles. The number of hydrogen-bond acceptors (Lipinski definition) is 6. The maximum atomic E-state index is 13.5. The number of anilines is 2. The van der Waals surface area contributed by atoms with Crippen LogP contribution < -0.4 is 10.6 Å². The van der Waals surface area contributed by atoms with Gasteiger partial charge in [0.25, 0.3) is 11.8 Å². The summed E-state index contributed by atoms with van der Waals surface area (Å²) in [6.45, 7) is 3.22. The Balaban J connectivity index is 1.47. The Morgan fingerprint density at radius 2 is 1.65 bits per heavy atom. The van der Waals surface area contributed by atoms with Crippen LogP contribution in [0.15, 0.2) is 40.9 Å². The topological polar surface area (TPSA) is 125 Å². The number of furan rings is 1. The fourth-order valence-electron chi connectivity index (χ4n) is 5.60. The number of hydrogen-bond donors (Lipinski definition) is 2. The van der Waals surface area contributed by atoms with Gasteiger partial charge in [-0.05, 0) is 69.2 Å². The molecule has 1 aliphatic carbocycles. The third-order valence-electron chi connectivity index (χ3n) is 7.83. The molecule has 0 radical (unpaired) electrons. The van der Waals surface area contributed by atoms with Crippen LogP contribution in [0.1, 0.15) is 65.0 Å². The monoisotopic (exact) mass is 545 g/mol. The van der Waals surface area contributed by atoms with E-state index in [9.17, 15) is 19.2 Å². The average Bonchev–Trinajstić information content (AvgIpc) is 3.62. The van der Waals surface area contributed by atoms with Crippen molar-refractivity contribution >= 4 is 46.1 Å². The molecule has 4 amide bonds. The number of likely N-dealkylation sites (tertiary alicyclic amines) is 1. The lowest BCUT2D eigenvalue weighted by atomic mass is 9.81. The second kappa shape index (κ2) is 11.5. The molecule has 0 spiro atoms. The summed E-state index contributed by atoms with van der Waals surface area (Å²) in [5.41, 5.74) is 1.84. The molecular weight excluding hydrogens is 510 g/mol. The molecule has 2 aliphatic rings. The Labute approximate surface area is 233 Å². The Kier molecular flexibility index (Phi) is 7.86. The number of carbonyl (C=O) groups is 4. The van der Waals surface area contributed by atoms with Gasteiger partial charge in [-0.2, -0.15) is 0 Å². The van der Waals surface area contributed by atoms with Crippen molar-refractivity contribution in [2.24, 2.45) is 11.8 Å². The summed E-state index contributed by atoms with van der Waals surface area (Å²) < 4.78 is 6.00. The maximum Gasteiger partial charge on any atom is 0.294 e. The number of carbonyl (C=O) groups excluding carboxylic acids is 4. The van der Waals surface area contributed by atoms with Crippen molar-refractivity contribution in [3.63, 3.8) is 0 Å². The third-order valence-corrected chi connectivity index (χ3v) is 7.83. The number of amides is 4. The molecule has 10 nitrogen and oxygen atoms in total. The minimum absolute atomic E-state index is 0.0772. The highest BCUT2D eigenvalue weighted by molar-refractivity contribution is 6.19. The molecule has 10 heteroatoms. The van der Waals surface area contributed by atoms with Crippen LogP contribution in [0.2, 0.25) is 0 Å². The summed E-state index contributed by atoms with van der Waals surface area (Å²) in [6.07, 6.45) is 5.86. The van der Waals surface area contributed by atoms with E-state index in [4.69, 9.17) is 4.42 Å². The Bertz CT molecular complexity index is 1430. The number of benzene rings is 1. The van der Waals surface area contributed by atoms with Crippen LogP contribution in [0.3, 0.4) is 0 Å². The van der Waals surface area contributed by atoms with Crippen molar-refractivity contribution in [3.05, 3.63) is 53.4 Å². The molecule has 40 heavy (non-hydrogen) atoms. The molecule has 1 saturated heterocycles. The number of aromatic nitrogens is 1. The summed E-state index contributed by atoms with van der Waals surface area (Å²) in [5, 5.41) is 6.10. The first-order valence-corrected chi connectivity index (χ1v) is 13.8. The summed E-state index contributed by atoms with van der Waals surface area (Å²) in [7, 11) is 3.48.